The molecule has 2 nitrogen and oxygen atoms in total. The second-order valence-corrected chi connectivity index (χ2v) is 5.21. The maximum atomic E-state index is 4.15. The van der Waals surface area contributed by atoms with Crippen molar-refractivity contribution in [1.82, 2.24) is 0 Å². The maximum absolute atomic E-state index is 4.15. The van der Waals surface area contributed by atoms with Gasteiger partial charge in [-0.2, -0.15) is 10.2 Å². The van der Waals surface area contributed by atoms with E-state index in [-0.39, 0.29) is 0 Å². The highest BCUT2D eigenvalue weighted by atomic mass is 15.2. The minimum atomic E-state index is 1.11. The SMILES string of the molecule is Cc1ccc(C)c(C=NN=Cc2cc(C)ccc2C)c1. The zero-order valence-electron chi connectivity index (χ0n) is 12.5. The molecule has 0 bridgehead atoms. The largest absolute Gasteiger partial charge is 0.159 e. The Kier molecular flexibility index (Phi) is 4.46. The summed E-state index contributed by atoms with van der Waals surface area (Å²) in [7, 11) is 0. The van der Waals surface area contributed by atoms with Crippen LogP contribution < -0.4 is 0 Å². The van der Waals surface area contributed by atoms with Crippen molar-refractivity contribution in [2.75, 3.05) is 0 Å². The molecule has 0 atom stereocenters. The summed E-state index contributed by atoms with van der Waals surface area (Å²) in [5.41, 5.74) is 7.11. The van der Waals surface area contributed by atoms with Crippen LogP contribution in [0.3, 0.4) is 0 Å². The number of hydrogen-bond donors (Lipinski definition) is 0. The molecular formula is C18H20N2. The molecule has 102 valence electrons. The van der Waals surface area contributed by atoms with E-state index >= 15 is 0 Å². The quantitative estimate of drug-likeness (QED) is 0.581. The van der Waals surface area contributed by atoms with Crippen molar-refractivity contribution < 1.29 is 0 Å². The minimum absolute atomic E-state index is 1.11. The van der Waals surface area contributed by atoms with E-state index in [1.54, 1.807) is 0 Å². The van der Waals surface area contributed by atoms with Gasteiger partial charge in [-0.25, -0.2) is 0 Å². The molecule has 0 aliphatic heterocycles. The van der Waals surface area contributed by atoms with Crippen LogP contribution in [-0.2, 0) is 0 Å². The highest BCUT2D eigenvalue weighted by Gasteiger charge is 1.96. The van der Waals surface area contributed by atoms with Crippen LogP contribution in [0.25, 0.3) is 0 Å². The second-order valence-electron chi connectivity index (χ2n) is 5.21. The lowest BCUT2D eigenvalue weighted by Crippen LogP contribution is -1.89. The van der Waals surface area contributed by atoms with Crippen LogP contribution in [0.1, 0.15) is 33.4 Å². The Morgan fingerprint density at radius 1 is 0.650 bits per heavy atom. The number of hydrogen-bond acceptors (Lipinski definition) is 2. The first kappa shape index (κ1) is 14.2. The first-order valence-corrected chi connectivity index (χ1v) is 6.77. The van der Waals surface area contributed by atoms with Crippen LogP contribution in [0.4, 0.5) is 0 Å². The van der Waals surface area contributed by atoms with E-state index in [1.807, 2.05) is 12.4 Å². The van der Waals surface area contributed by atoms with Gasteiger partial charge < -0.3 is 0 Å². The van der Waals surface area contributed by atoms with Gasteiger partial charge in [-0.15, -0.1) is 0 Å². The van der Waals surface area contributed by atoms with E-state index in [2.05, 4.69) is 74.3 Å². The second kappa shape index (κ2) is 6.29. The zero-order chi connectivity index (χ0) is 14.5. The Morgan fingerprint density at radius 3 is 1.45 bits per heavy atom. The fraction of sp³-hybridized carbons (Fsp3) is 0.222. The fourth-order valence-corrected chi connectivity index (χ4v) is 1.99. The van der Waals surface area contributed by atoms with Crippen molar-refractivity contribution in [3.63, 3.8) is 0 Å². The Morgan fingerprint density at radius 2 is 1.05 bits per heavy atom. The summed E-state index contributed by atoms with van der Waals surface area (Å²) in [4.78, 5) is 0. The number of nitrogens with zero attached hydrogens (tertiary/aromatic N) is 2. The summed E-state index contributed by atoms with van der Waals surface area (Å²) in [6.45, 7) is 8.32. The average molecular weight is 264 g/mol. The van der Waals surface area contributed by atoms with Crippen molar-refractivity contribution in [3.8, 4) is 0 Å². The van der Waals surface area contributed by atoms with Crippen LogP contribution in [-0.4, -0.2) is 12.4 Å². The summed E-state index contributed by atoms with van der Waals surface area (Å²) < 4.78 is 0. The van der Waals surface area contributed by atoms with Crippen LogP contribution in [0, 0.1) is 27.7 Å². The Bertz CT molecular complexity index is 608. The van der Waals surface area contributed by atoms with Crippen molar-refractivity contribution in [1.29, 1.82) is 0 Å². The van der Waals surface area contributed by atoms with Crippen LogP contribution >= 0.6 is 0 Å². The minimum Gasteiger partial charge on any atom is -0.159 e. The first-order chi connectivity index (χ1) is 9.56. The molecule has 2 aromatic rings. The predicted molar refractivity (Wildman–Crippen MR) is 87.0 cm³/mol. The Hall–Kier alpha value is -2.22. The van der Waals surface area contributed by atoms with E-state index in [0.717, 1.165) is 11.1 Å². The smallest absolute Gasteiger partial charge is 0.0570 e. The van der Waals surface area contributed by atoms with Gasteiger partial charge in [0.05, 0.1) is 12.4 Å². The van der Waals surface area contributed by atoms with Gasteiger partial charge in [0, 0.05) is 0 Å². The van der Waals surface area contributed by atoms with Gasteiger partial charge in [0.1, 0.15) is 0 Å². The van der Waals surface area contributed by atoms with E-state index in [0.29, 0.717) is 0 Å². The van der Waals surface area contributed by atoms with Crippen molar-refractivity contribution >= 4 is 12.4 Å². The summed E-state index contributed by atoms with van der Waals surface area (Å²) in [6, 6.07) is 12.6. The fourth-order valence-electron chi connectivity index (χ4n) is 1.99. The van der Waals surface area contributed by atoms with E-state index in [9.17, 15) is 0 Å². The molecule has 0 saturated carbocycles. The standard InChI is InChI=1S/C18H20N2/c1-13-5-7-15(3)17(9-13)11-19-20-12-18-10-14(2)6-8-16(18)4/h5-12H,1-4H3. The molecule has 2 heteroatoms. The lowest BCUT2D eigenvalue weighted by Gasteiger charge is -2.01. The van der Waals surface area contributed by atoms with Gasteiger partial charge in [-0.1, -0.05) is 47.5 Å². The predicted octanol–water partition coefficient (Wildman–Crippen LogP) is 4.37. The molecule has 2 aromatic carbocycles. The molecule has 0 aliphatic rings. The molecule has 20 heavy (non-hydrogen) atoms. The van der Waals surface area contributed by atoms with E-state index < -0.39 is 0 Å². The summed E-state index contributed by atoms with van der Waals surface area (Å²) in [6.07, 6.45) is 3.62. The zero-order valence-corrected chi connectivity index (χ0v) is 12.5. The lowest BCUT2D eigenvalue weighted by molar-refractivity contribution is 1.25. The molecular weight excluding hydrogens is 244 g/mol. The van der Waals surface area contributed by atoms with Gasteiger partial charge in [-0.3, -0.25) is 0 Å². The molecule has 0 amide bonds. The van der Waals surface area contributed by atoms with Crippen molar-refractivity contribution in [2.45, 2.75) is 27.7 Å². The third-order valence-electron chi connectivity index (χ3n) is 3.33. The van der Waals surface area contributed by atoms with Gasteiger partial charge >= 0.3 is 0 Å². The van der Waals surface area contributed by atoms with E-state index in [1.165, 1.54) is 22.3 Å². The molecule has 0 saturated heterocycles. The maximum Gasteiger partial charge on any atom is 0.0570 e. The molecule has 0 aromatic heterocycles. The van der Waals surface area contributed by atoms with Crippen LogP contribution in [0.5, 0.6) is 0 Å². The van der Waals surface area contributed by atoms with Gasteiger partial charge in [0.2, 0.25) is 0 Å². The molecule has 0 spiro atoms. The third kappa shape index (κ3) is 3.64. The molecule has 0 unspecified atom stereocenters. The number of benzene rings is 2. The number of aryl methyl sites for hydroxylation is 4. The highest BCUT2D eigenvalue weighted by Crippen LogP contribution is 2.09. The molecule has 0 N–H and O–H groups in total. The van der Waals surface area contributed by atoms with Crippen molar-refractivity contribution in [2.24, 2.45) is 10.2 Å². The number of rotatable bonds is 3. The summed E-state index contributed by atoms with van der Waals surface area (Å²) in [5, 5.41) is 8.31. The van der Waals surface area contributed by atoms with Crippen molar-refractivity contribution in [3.05, 3.63) is 69.8 Å². The average Bonchev–Trinajstić information content (AvgIpc) is 2.42. The summed E-state index contributed by atoms with van der Waals surface area (Å²) in [5.74, 6) is 0. The monoisotopic (exact) mass is 264 g/mol. The van der Waals surface area contributed by atoms with Crippen LogP contribution in [0.2, 0.25) is 0 Å². The third-order valence-corrected chi connectivity index (χ3v) is 3.33. The molecule has 2 rings (SSSR count). The normalized spacial score (nSPS) is 11.6. The molecule has 0 radical (unpaired) electrons. The van der Waals surface area contributed by atoms with Crippen LogP contribution in [0.15, 0.2) is 46.6 Å². The van der Waals surface area contributed by atoms with Gasteiger partial charge in [-0.05, 0) is 49.9 Å². The highest BCUT2D eigenvalue weighted by molar-refractivity contribution is 5.84. The topological polar surface area (TPSA) is 24.7 Å². The first-order valence-electron chi connectivity index (χ1n) is 6.77. The Balaban J connectivity index is 2.15. The Labute approximate surface area is 120 Å². The lowest BCUT2D eigenvalue weighted by atomic mass is 10.1. The molecule has 0 fully saturated rings. The molecule has 0 aliphatic carbocycles. The van der Waals surface area contributed by atoms with E-state index in [4.69, 9.17) is 0 Å². The van der Waals surface area contributed by atoms with Gasteiger partial charge in [0.15, 0.2) is 0 Å². The van der Waals surface area contributed by atoms with Gasteiger partial charge in [0.25, 0.3) is 0 Å². The molecule has 0 heterocycles. The summed E-state index contributed by atoms with van der Waals surface area (Å²) >= 11 is 0.